The molecule has 0 aliphatic heterocycles. The molecular formula is C19H21N5OS. The average molecular weight is 367 g/mol. The van der Waals surface area contributed by atoms with Gasteiger partial charge in [0.25, 0.3) is 0 Å². The van der Waals surface area contributed by atoms with Crippen LogP contribution in [0.4, 0.5) is 0 Å². The summed E-state index contributed by atoms with van der Waals surface area (Å²) in [4.78, 5) is 27.3. The van der Waals surface area contributed by atoms with Crippen LogP contribution in [-0.4, -0.2) is 45.4 Å². The molecule has 0 bridgehead atoms. The highest BCUT2D eigenvalue weighted by Crippen LogP contribution is 2.21. The zero-order chi connectivity index (χ0) is 18.2. The van der Waals surface area contributed by atoms with E-state index in [-0.39, 0.29) is 12.3 Å². The predicted octanol–water partition coefficient (Wildman–Crippen LogP) is 2.17. The minimum atomic E-state index is 0.0439. The van der Waals surface area contributed by atoms with E-state index in [1.165, 1.54) is 16.9 Å². The molecule has 26 heavy (non-hydrogen) atoms. The first kappa shape index (κ1) is 18.2. The van der Waals surface area contributed by atoms with Gasteiger partial charge in [0.15, 0.2) is 0 Å². The van der Waals surface area contributed by atoms with Gasteiger partial charge in [-0.3, -0.25) is 14.8 Å². The zero-order valence-electron chi connectivity index (χ0n) is 14.4. The number of benzene rings is 1. The van der Waals surface area contributed by atoms with Crippen molar-refractivity contribution in [3.63, 3.8) is 0 Å². The highest BCUT2D eigenvalue weighted by molar-refractivity contribution is 7.13. The first-order chi connectivity index (χ1) is 12.8. The molecular weight excluding hydrogens is 346 g/mol. The summed E-state index contributed by atoms with van der Waals surface area (Å²) in [5.41, 5.74) is 8.37. The standard InChI is InChI=1S/C19H21N5OS/c20-7-11-24(10-6-15-4-2-1-3-5-15)18(25)12-16-14-26-19(23-16)17-13-21-8-9-22-17/h1-5,8-9,13-14H,6-7,10-12,20H2. The van der Waals surface area contributed by atoms with Gasteiger partial charge in [-0.05, 0) is 12.0 Å². The number of thiazole rings is 1. The quantitative estimate of drug-likeness (QED) is 0.659. The van der Waals surface area contributed by atoms with Crippen LogP contribution in [0, 0.1) is 0 Å². The molecule has 2 N–H and O–H groups in total. The maximum absolute atomic E-state index is 12.7. The topological polar surface area (TPSA) is 85.0 Å². The average Bonchev–Trinajstić information content (AvgIpc) is 3.15. The molecule has 134 valence electrons. The van der Waals surface area contributed by atoms with Crippen LogP contribution in [0.25, 0.3) is 10.7 Å². The van der Waals surface area contributed by atoms with Crippen LogP contribution < -0.4 is 5.73 Å². The highest BCUT2D eigenvalue weighted by atomic mass is 32.1. The number of aromatic nitrogens is 3. The lowest BCUT2D eigenvalue weighted by Gasteiger charge is -2.21. The zero-order valence-corrected chi connectivity index (χ0v) is 15.2. The second-order valence-electron chi connectivity index (χ2n) is 5.82. The van der Waals surface area contributed by atoms with Crippen molar-refractivity contribution >= 4 is 17.2 Å². The molecule has 0 aliphatic rings. The molecule has 7 heteroatoms. The van der Waals surface area contributed by atoms with Crippen LogP contribution in [0.5, 0.6) is 0 Å². The van der Waals surface area contributed by atoms with Crippen LogP contribution in [0.2, 0.25) is 0 Å². The maximum Gasteiger partial charge on any atom is 0.228 e. The summed E-state index contributed by atoms with van der Waals surface area (Å²) in [6, 6.07) is 10.1. The molecule has 0 fully saturated rings. The third-order valence-corrected chi connectivity index (χ3v) is 4.84. The van der Waals surface area contributed by atoms with Crippen LogP contribution >= 0.6 is 11.3 Å². The highest BCUT2D eigenvalue weighted by Gasteiger charge is 2.16. The summed E-state index contributed by atoms with van der Waals surface area (Å²) in [5.74, 6) is 0.0439. The van der Waals surface area contributed by atoms with Crippen molar-refractivity contribution in [2.75, 3.05) is 19.6 Å². The number of rotatable bonds is 8. The number of amides is 1. The predicted molar refractivity (Wildman–Crippen MR) is 103 cm³/mol. The minimum absolute atomic E-state index is 0.0439. The van der Waals surface area contributed by atoms with Gasteiger partial charge in [-0.1, -0.05) is 30.3 Å². The second-order valence-corrected chi connectivity index (χ2v) is 6.67. The normalized spacial score (nSPS) is 10.7. The van der Waals surface area contributed by atoms with E-state index in [1.807, 2.05) is 28.5 Å². The van der Waals surface area contributed by atoms with Crippen molar-refractivity contribution in [2.45, 2.75) is 12.8 Å². The SMILES string of the molecule is NCCN(CCc1ccccc1)C(=O)Cc1csc(-c2cnccn2)n1. The van der Waals surface area contributed by atoms with Crippen LogP contribution in [-0.2, 0) is 17.6 Å². The first-order valence-corrected chi connectivity index (χ1v) is 9.37. The molecule has 0 saturated heterocycles. The fourth-order valence-electron chi connectivity index (χ4n) is 2.61. The summed E-state index contributed by atoms with van der Waals surface area (Å²) in [6.07, 6.45) is 6.01. The van der Waals surface area contributed by atoms with E-state index in [9.17, 15) is 4.79 Å². The lowest BCUT2D eigenvalue weighted by atomic mass is 10.1. The van der Waals surface area contributed by atoms with Crippen molar-refractivity contribution in [3.8, 4) is 10.7 Å². The van der Waals surface area contributed by atoms with Gasteiger partial charge in [0.1, 0.15) is 10.7 Å². The summed E-state index contributed by atoms with van der Waals surface area (Å²) >= 11 is 1.47. The van der Waals surface area contributed by atoms with Crippen LogP contribution in [0.3, 0.4) is 0 Å². The van der Waals surface area contributed by atoms with Crippen molar-refractivity contribution in [3.05, 3.63) is 65.6 Å². The van der Waals surface area contributed by atoms with Crippen molar-refractivity contribution in [1.82, 2.24) is 19.9 Å². The largest absolute Gasteiger partial charge is 0.341 e. The molecule has 0 unspecified atom stereocenters. The van der Waals surface area contributed by atoms with Crippen LogP contribution in [0.15, 0.2) is 54.3 Å². The Kier molecular flexibility index (Phi) is 6.40. The summed E-state index contributed by atoms with van der Waals surface area (Å²) in [7, 11) is 0. The summed E-state index contributed by atoms with van der Waals surface area (Å²) in [6.45, 7) is 1.65. The molecule has 2 heterocycles. The second kappa shape index (κ2) is 9.17. The molecule has 0 aliphatic carbocycles. The molecule has 0 saturated carbocycles. The van der Waals surface area contributed by atoms with Crippen LogP contribution in [0.1, 0.15) is 11.3 Å². The van der Waals surface area contributed by atoms with E-state index in [0.717, 1.165) is 22.8 Å². The molecule has 3 rings (SSSR count). The molecule has 1 aromatic carbocycles. The Balaban J connectivity index is 1.61. The lowest BCUT2D eigenvalue weighted by Crippen LogP contribution is -2.37. The number of carbonyl (C=O) groups is 1. The van der Waals surface area contributed by atoms with Gasteiger partial charge in [0.2, 0.25) is 5.91 Å². The smallest absolute Gasteiger partial charge is 0.228 e. The third-order valence-electron chi connectivity index (χ3n) is 3.93. The van der Waals surface area contributed by atoms with E-state index in [0.29, 0.717) is 19.6 Å². The van der Waals surface area contributed by atoms with E-state index < -0.39 is 0 Å². The number of hydrogen-bond donors (Lipinski definition) is 1. The Bertz CT molecular complexity index is 822. The molecule has 3 aromatic rings. The minimum Gasteiger partial charge on any atom is -0.341 e. The van der Waals surface area contributed by atoms with Gasteiger partial charge < -0.3 is 10.6 Å². The van der Waals surface area contributed by atoms with Crippen molar-refractivity contribution in [2.24, 2.45) is 5.73 Å². The maximum atomic E-state index is 12.7. The molecule has 0 atom stereocenters. The van der Waals surface area contributed by atoms with Gasteiger partial charge in [-0.15, -0.1) is 11.3 Å². The van der Waals surface area contributed by atoms with Gasteiger partial charge in [0.05, 0.1) is 18.3 Å². The molecule has 6 nitrogen and oxygen atoms in total. The fourth-order valence-corrected chi connectivity index (χ4v) is 3.39. The van der Waals surface area contributed by atoms with Gasteiger partial charge in [0, 0.05) is 37.4 Å². The molecule has 0 radical (unpaired) electrons. The van der Waals surface area contributed by atoms with Gasteiger partial charge >= 0.3 is 0 Å². The number of nitrogens with two attached hydrogens (primary N) is 1. The van der Waals surface area contributed by atoms with E-state index in [1.54, 1.807) is 18.6 Å². The number of hydrogen-bond acceptors (Lipinski definition) is 6. The third kappa shape index (κ3) is 4.93. The van der Waals surface area contributed by atoms with E-state index in [2.05, 4.69) is 27.1 Å². The number of carbonyl (C=O) groups excluding carboxylic acids is 1. The van der Waals surface area contributed by atoms with Crippen molar-refractivity contribution < 1.29 is 4.79 Å². The number of nitrogens with zero attached hydrogens (tertiary/aromatic N) is 4. The lowest BCUT2D eigenvalue weighted by molar-refractivity contribution is -0.130. The molecule has 2 aromatic heterocycles. The Morgan fingerprint density at radius 1 is 1.15 bits per heavy atom. The summed E-state index contributed by atoms with van der Waals surface area (Å²) in [5, 5.41) is 2.68. The van der Waals surface area contributed by atoms with Crippen molar-refractivity contribution in [1.29, 1.82) is 0 Å². The molecule has 0 spiro atoms. The van der Waals surface area contributed by atoms with Gasteiger partial charge in [-0.25, -0.2) is 4.98 Å². The fraction of sp³-hybridized carbons (Fsp3) is 0.263. The Hall–Kier alpha value is -2.64. The van der Waals surface area contributed by atoms with E-state index >= 15 is 0 Å². The first-order valence-electron chi connectivity index (χ1n) is 8.49. The molecule has 1 amide bonds. The van der Waals surface area contributed by atoms with E-state index in [4.69, 9.17) is 5.73 Å². The Morgan fingerprint density at radius 2 is 2.00 bits per heavy atom. The summed E-state index contributed by atoms with van der Waals surface area (Å²) < 4.78 is 0. The Labute approximate surface area is 156 Å². The monoisotopic (exact) mass is 367 g/mol. The Morgan fingerprint density at radius 3 is 2.73 bits per heavy atom. The van der Waals surface area contributed by atoms with Gasteiger partial charge in [-0.2, -0.15) is 0 Å².